The summed E-state index contributed by atoms with van der Waals surface area (Å²) >= 11 is 0. The van der Waals surface area contributed by atoms with Crippen LogP contribution in [-0.4, -0.2) is 29.9 Å². The molecular formula is C18H18N2O5. The molecule has 0 saturated carbocycles. The average Bonchev–Trinajstić information content (AvgIpc) is 3.20. The lowest BCUT2D eigenvalue weighted by Gasteiger charge is -2.25. The van der Waals surface area contributed by atoms with Crippen LogP contribution >= 0.6 is 0 Å². The molecule has 1 aromatic carbocycles. The van der Waals surface area contributed by atoms with Gasteiger partial charge in [-0.05, 0) is 24.1 Å². The van der Waals surface area contributed by atoms with Crippen molar-refractivity contribution in [3.05, 3.63) is 59.5 Å². The Hall–Kier alpha value is -3.09. The van der Waals surface area contributed by atoms with Crippen LogP contribution in [0.4, 0.5) is 4.79 Å². The minimum absolute atomic E-state index is 0.0226. The third kappa shape index (κ3) is 2.77. The van der Waals surface area contributed by atoms with Gasteiger partial charge in [0.15, 0.2) is 0 Å². The van der Waals surface area contributed by atoms with Crippen molar-refractivity contribution in [3.63, 3.8) is 0 Å². The van der Waals surface area contributed by atoms with Crippen molar-refractivity contribution >= 4 is 17.9 Å². The monoisotopic (exact) mass is 342 g/mol. The standard InChI is InChI=1S/C18H18N2O5/c1-3-18(12-7-5-4-6-8-12)16(22)20(17(23)19-18)11-13-9-10-14(25-13)15(21)24-2/h4-10H,3,11H2,1-2H3,(H,19,23)/t18-/m1/s1. The number of amides is 3. The number of urea groups is 1. The molecule has 3 amide bonds. The molecule has 7 nitrogen and oxygen atoms in total. The summed E-state index contributed by atoms with van der Waals surface area (Å²) in [6, 6.07) is 11.6. The first-order chi connectivity index (χ1) is 12.0. The number of ether oxygens (including phenoxy) is 1. The summed E-state index contributed by atoms with van der Waals surface area (Å²) in [5.74, 6) is -0.615. The highest BCUT2D eigenvalue weighted by molar-refractivity contribution is 6.07. The van der Waals surface area contributed by atoms with Crippen LogP contribution in [0.2, 0.25) is 0 Å². The van der Waals surface area contributed by atoms with Crippen LogP contribution in [0.15, 0.2) is 46.9 Å². The van der Waals surface area contributed by atoms with Crippen molar-refractivity contribution in [1.82, 2.24) is 10.2 Å². The van der Waals surface area contributed by atoms with Crippen molar-refractivity contribution in [2.45, 2.75) is 25.4 Å². The first kappa shape index (κ1) is 16.8. The molecule has 25 heavy (non-hydrogen) atoms. The summed E-state index contributed by atoms with van der Waals surface area (Å²) in [7, 11) is 1.25. The van der Waals surface area contributed by atoms with Gasteiger partial charge in [-0.25, -0.2) is 9.59 Å². The predicted octanol–water partition coefficient (Wildman–Crippen LogP) is 2.42. The molecule has 1 aromatic heterocycles. The van der Waals surface area contributed by atoms with Gasteiger partial charge in [0, 0.05) is 0 Å². The van der Waals surface area contributed by atoms with Crippen molar-refractivity contribution in [2.24, 2.45) is 0 Å². The fourth-order valence-corrected chi connectivity index (χ4v) is 2.96. The van der Waals surface area contributed by atoms with E-state index in [1.807, 2.05) is 37.3 Å². The van der Waals surface area contributed by atoms with E-state index in [0.717, 1.165) is 10.5 Å². The molecule has 0 spiro atoms. The van der Waals surface area contributed by atoms with Gasteiger partial charge >= 0.3 is 12.0 Å². The number of methoxy groups -OCH3 is 1. The molecule has 1 aliphatic rings. The molecule has 1 saturated heterocycles. The lowest BCUT2D eigenvalue weighted by atomic mass is 9.87. The molecule has 130 valence electrons. The van der Waals surface area contributed by atoms with Gasteiger partial charge in [-0.15, -0.1) is 0 Å². The Balaban J connectivity index is 1.86. The molecule has 7 heteroatoms. The maximum absolute atomic E-state index is 13.0. The summed E-state index contributed by atoms with van der Waals surface area (Å²) in [4.78, 5) is 37.9. The van der Waals surface area contributed by atoms with Crippen molar-refractivity contribution in [2.75, 3.05) is 7.11 Å². The first-order valence-corrected chi connectivity index (χ1v) is 7.88. The molecule has 2 heterocycles. The number of nitrogens with zero attached hydrogens (tertiary/aromatic N) is 1. The number of rotatable bonds is 5. The van der Waals surface area contributed by atoms with Gasteiger partial charge in [0.25, 0.3) is 5.91 Å². The smallest absolute Gasteiger partial charge is 0.373 e. The van der Waals surface area contributed by atoms with Crippen LogP contribution in [-0.2, 0) is 21.6 Å². The van der Waals surface area contributed by atoms with E-state index in [2.05, 4.69) is 10.1 Å². The third-order valence-corrected chi connectivity index (χ3v) is 4.33. The minimum atomic E-state index is -1.09. The zero-order valence-electron chi connectivity index (χ0n) is 13.9. The minimum Gasteiger partial charge on any atom is -0.463 e. The summed E-state index contributed by atoms with van der Waals surface area (Å²) in [5, 5.41) is 2.80. The first-order valence-electron chi connectivity index (χ1n) is 7.88. The molecule has 1 N–H and O–H groups in total. The van der Waals surface area contributed by atoms with E-state index in [-0.39, 0.29) is 18.2 Å². The van der Waals surface area contributed by atoms with E-state index in [0.29, 0.717) is 12.2 Å². The Kier molecular flexibility index (Phi) is 4.31. The maximum atomic E-state index is 13.0. The molecule has 3 rings (SSSR count). The Bertz CT molecular complexity index is 814. The number of nitrogens with one attached hydrogen (secondary N) is 1. The normalized spacial score (nSPS) is 19.8. The molecule has 0 radical (unpaired) electrons. The number of imide groups is 1. The van der Waals surface area contributed by atoms with E-state index in [9.17, 15) is 14.4 Å². The Morgan fingerprint density at radius 1 is 1.20 bits per heavy atom. The summed E-state index contributed by atoms with van der Waals surface area (Å²) in [6.07, 6.45) is 0.420. The molecule has 0 unspecified atom stereocenters. The third-order valence-electron chi connectivity index (χ3n) is 4.33. The van der Waals surface area contributed by atoms with Crippen molar-refractivity contribution in [1.29, 1.82) is 0 Å². The summed E-state index contributed by atoms with van der Waals surface area (Å²) in [6.45, 7) is 1.78. The lowest BCUT2D eigenvalue weighted by molar-refractivity contribution is -0.132. The second kappa shape index (κ2) is 6.43. The molecule has 2 aromatic rings. The van der Waals surface area contributed by atoms with E-state index in [4.69, 9.17) is 4.42 Å². The number of furan rings is 1. The van der Waals surface area contributed by atoms with Gasteiger partial charge in [-0.1, -0.05) is 37.3 Å². The number of carbonyl (C=O) groups excluding carboxylic acids is 3. The average molecular weight is 342 g/mol. The molecule has 1 fully saturated rings. The van der Waals surface area contributed by atoms with Gasteiger partial charge in [0.2, 0.25) is 5.76 Å². The van der Waals surface area contributed by atoms with Crippen molar-refractivity contribution in [3.8, 4) is 0 Å². The van der Waals surface area contributed by atoms with Gasteiger partial charge < -0.3 is 14.5 Å². The van der Waals surface area contributed by atoms with Crippen molar-refractivity contribution < 1.29 is 23.5 Å². The van der Waals surface area contributed by atoms with Gasteiger partial charge in [0.05, 0.1) is 13.7 Å². The predicted molar refractivity (Wildman–Crippen MR) is 87.5 cm³/mol. The maximum Gasteiger partial charge on any atom is 0.373 e. The topological polar surface area (TPSA) is 88.8 Å². The van der Waals surface area contributed by atoms with Crippen LogP contribution < -0.4 is 5.32 Å². The number of carbonyl (C=O) groups is 3. The molecule has 1 aliphatic heterocycles. The SMILES string of the molecule is CC[C@]1(c2ccccc2)NC(=O)N(Cc2ccc(C(=O)OC)o2)C1=O. The summed E-state index contributed by atoms with van der Waals surface area (Å²) < 4.78 is 9.93. The van der Waals surface area contributed by atoms with E-state index in [1.165, 1.54) is 13.2 Å². The molecule has 0 bridgehead atoms. The quantitative estimate of drug-likeness (QED) is 0.666. The number of benzene rings is 1. The Labute approximate surface area is 144 Å². The van der Waals surface area contributed by atoms with Gasteiger partial charge in [-0.2, -0.15) is 0 Å². The van der Waals surface area contributed by atoms with E-state index >= 15 is 0 Å². The van der Waals surface area contributed by atoms with Crippen LogP contribution in [0.5, 0.6) is 0 Å². The molecule has 0 aliphatic carbocycles. The molecule has 1 atom stereocenters. The number of hydrogen-bond donors (Lipinski definition) is 1. The highest BCUT2D eigenvalue weighted by Crippen LogP contribution is 2.33. The second-order valence-electron chi connectivity index (χ2n) is 5.70. The molecular weight excluding hydrogens is 324 g/mol. The number of hydrogen-bond acceptors (Lipinski definition) is 5. The lowest BCUT2D eigenvalue weighted by Crippen LogP contribution is -2.43. The Morgan fingerprint density at radius 2 is 1.92 bits per heavy atom. The fraction of sp³-hybridized carbons (Fsp3) is 0.278. The van der Waals surface area contributed by atoms with Crippen LogP contribution in [0.1, 0.15) is 35.2 Å². The van der Waals surface area contributed by atoms with Gasteiger partial charge in [-0.3, -0.25) is 9.69 Å². The largest absolute Gasteiger partial charge is 0.463 e. The highest BCUT2D eigenvalue weighted by Gasteiger charge is 2.51. The fourth-order valence-electron chi connectivity index (χ4n) is 2.96. The summed E-state index contributed by atoms with van der Waals surface area (Å²) in [5.41, 5.74) is -0.358. The second-order valence-corrected chi connectivity index (χ2v) is 5.70. The van der Waals surface area contributed by atoms with Gasteiger partial charge in [0.1, 0.15) is 11.3 Å². The zero-order chi connectivity index (χ0) is 18.0. The Morgan fingerprint density at radius 3 is 2.56 bits per heavy atom. The van der Waals surface area contributed by atoms with E-state index in [1.54, 1.807) is 6.07 Å². The number of esters is 1. The van der Waals surface area contributed by atoms with E-state index < -0.39 is 17.5 Å². The zero-order valence-corrected chi connectivity index (χ0v) is 13.9. The highest BCUT2D eigenvalue weighted by atomic mass is 16.5. The van der Waals surface area contributed by atoms with Crippen LogP contribution in [0, 0.1) is 0 Å². The van der Waals surface area contributed by atoms with Crippen LogP contribution in [0.25, 0.3) is 0 Å². The van der Waals surface area contributed by atoms with Crippen LogP contribution in [0.3, 0.4) is 0 Å².